The predicted octanol–water partition coefficient (Wildman–Crippen LogP) is 2.48. The van der Waals surface area contributed by atoms with Crippen LogP contribution in [0.3, 0.4) is 0 Å². The Kier molecular flexibility index (Phi) is 3.71. The van der Waals surface area contributed by atoms with E-state index in [4.69, 9.17) is 5.73 Å². The first kappa shape index (κ1) is 13.1. The average molecular weight is 246 g/mol. The van der Waals surface area contributed by atoms with Crippen LogP contribution in [-0.4, -0.2) is 19.0 Å². The van der Waals surface area contributed by atoms with Crippen molar-refractivity contribution in [2.45, 2.75) is 33.1 Å². The molecule has 0 unspecified atom stereocenters. The second-order valence-electron chi connectivity index (χ2n) is 5.22. The van der Waals surface area contributed by atoms with Gasteiger partial charge >= 0.3 is 0 Å². The molecule has 1 amide bonds. The van der Waals surface area contributed by atoms with Crippen LogP contribution in [0, 0.1) is 12.3 Å². The van der Waals surface area contributed by atoms with Gasteiger partial charge in [-0.1, -0.05) is 24.1 Å². The molecular formula is C15H22N2O. The standard InChI is InChI=1S/C15H22N2O/c1-3-17(13-7-5-12(2)6-8-13)14(18)15(11-16)9-4-10-15/h5-8H,3-4,9-11,16H2,1-2H3. The summed E-state index contributed by atoms with van der Waals surface area (Å²) in [4.78, 5) is 14.5. The number of benzene rings is 1. The number of amides is 1. The van der Waals surface area contributed by atoms with Gasteiger partial charge in [-0.25, -0.2) is 0 Å². The van der Waals surface area contributed by atoms with Crippen LogP contribution in [0.5, 0.6) is 0 Å². The van der Waals surface area contributed by atoms with Gasteiger partial charge in [0.2, 0.25) is 5.91 Å². The van der Waals surface area contributed by atoms with Crippen LogP contribution < -0.4 is 10.6 Å². The molecule has 1 fully saturated rings. The Hall–Kier alpha value is -1.35. The second-order valence-corrected chi connectivity index (χ2v) is 5.22. The van der Waals surface area contributed by atoms with E-state index in [1.807, 2.05) is 36.1 Å². The molecule has 0 atom stereocenters. The third kappa shape index (κ3) is 2.15. The van der Waals surface area contributed by atoms with E-state index in [0.29, 0.717) is 13.1 Å². The number of rotatable bonds is 4. The molecular weight excluding hydrogens is 224 g/mol. The molecule has 18 heavy (non-hydrogen) atoms. The molecule has 1 saturated carbocycles. The molecule has 0 aliphatic heterocycles. The molecule has 3 heteroatoms. The topological polar surface area (TPSA) is 46.3 Å². The Morgan fingerprint density at radius 2 is 1.94 bits per heavy atom. The van der Waals surface area contributed by atoms with Gasteiger partial charge in [0.15, 0.2) is 0 Å². The molecule has 0 aromatic heterocycles. The molecule has 98 valence electrons. The Morgan fingerprint density at radius 3 is 2.33 bits per heavy atom. The molecule has 3 nitrogen and oxygen atoms in total. The fourth-order valence-corrected chi connectivity index (χ4v) is 2.56. The second kappa shape index (κ2) is 5.11. The lowest BCUT2D eigenvalue weighted by Crippen LogP contribution is -2.52. The summed E-state index contributed by atoms with van der Waals surface area (Å²) in [5.74, 6) is 0.197. The van der Waals surface area contributed by atoms with E-state index in [1.165, 1.54) is 5.56 Å². The Bertz CT molecular complexity index is 415. The lowest BCUT2D eigenvalue weighted by molar-refractivity contribution is -0.132. The van der Waals surface area contributed by atoms with Crippen molar-refractivity contribution < 1.29 is 4.79 Å². The summed E-state index contributed by atoms with van der Waals surface area (Å²) < 4.78 is 0. The highest BCUT2D eigenvalue weighted by Gasteiger charge is 2.45. The van der Waals surface area contributed by atoms with E-state index in [9.17, 15) is 4.79 Å². The normalized spacial score (nSPS) is 17.1. The number of nitrogens with zero attached hydrogens (tertiary/aromatic N) is 1. The van der Waals surface area contributed by atoms with Crippen LogP contribution in [0.15, 0.2) is 24.3 Å². The third-order valence-corrected chi connectivity index (χ3v) is 4.06. The maximum atomic E-state index is 12.6. The van der Waals surface area contributed by atoms with Crippen LogP contribution in [0.1, 0.15) is 31.7 Å². The number of nitrogens with two attached hydrogens (primary N) is 1. The van der Waals surface area contributed by atoms with E-state index in [0.717, 1.165) is 24.9 Å². The van der Waals surface area contributed by atoms with Gasteiger partial charge in [-0.05, 0) is 38.8 Å². The molecule has 0 saturated heterocycles. The summed E-state index contributed by atoms with van der Waals surface area (Å²) in [7, 11) is 0. The monoisotopic (exact) mass is 246 g/mol. The quantitative estimate of drug-likeness (QED) is 0.887. The zero-order valence-electron chi connectivity index (χ0n) is 11.3. The average Bonchev–Trinajstić information content (AvgIpc) is 2.32. The number of carbonyl (C=O) groups excluding carboxylic acids is 1. The molecule has 2 rings (SSSR count). The van der Waals surface area contributed by atoms with Crippen molar-refractivity contribution in [3.8, 4) is 0 Å². The Balaban J connectivity index is 2.23. The first-order chi connectivity index (χ1) is 8.63. The first-order valence-electron chi connectivity index (χ1n) is 6.71. The molecule has 0 heterocycles. The molecule has 0 spiro atoms. The Labute approximate surface area is 109 Å². The lowest BCUT2D eigenvalue weighted by atomic mass is 9.67. The summed E-state index contributed by atoms with van der Waals surface area (Å²) >= 11 is 0. The molecule has 0 radical (unpaired) electrons. The zero-order valence-corrected chi connectivity index (χ0v) is 11.3. The summed E-state index contributed by atoms with van der Waals surface area (Å²) in [6.45, 7) is 5.23. The third-order valence-electron chi connectivity index (χ3n) is 4.06. The highest BCUT2D eigenvalue weighted by molar-refractivity contribution is 5.98. The minimum Gasteiger partial charge on any atom is -0.329 e. The van der Waals surface area contributed by atoms with Crippen molar-refractivity contribution in [2.24, 2.45) is 11.1 Å². The smallest absolute Gasteiger partial charge is 0.234 e. The van der Waals surface area contributed by atoms with E-state index in [1.54, 1.807) is 0 Å². The van der Waals surface area contributed by atoms with Crippen molar-refractivity contribution in [1.82, 2.24) is 0 Å². The predicted molar refractivity (Wildman–Crippen MR) is 74.5 cm³/mol. The highest BCUT2D eigenvalue weighted by Crippen LogP contribution is 2.42. The maximum absolute atomic E-state index is 12.6. The fraction of sp³-hybridized carbons (Fsp3) is 0.533. The number of carbonyl (C=O) groups is 1. The first-order valence-corrected chi connectivity index (χ1v) is 6.71. The molecule has 2 N–H and O–H groups in total. The summed E-state index contributed by atoms with van der Waals surface area (Å²) in [6, 6.07) is 8.11. The fourth-order valence-electron chi connectivity index (χ4n) is 2.56. The van der Waals surface area contributed by atoms with Crippen LogP contribution in [0.2, 0.25) is 0 Å². The van der Waals surface area contributed by atoms with Gasteiger partial charge in [-0.15, -0.1) is 0 Å². The molecule has 1 aliphatic carbocycles. The van der Waals surface area contributed by atoms with Gasteiger partial charge in [0.1, 0.15) is 0 Å². The number of hydrogen-bond acceptors (Lipinski definition) is 2. The number of hydrogen-bond donors (Lipinski definition) is 1. The lowest BCUT2D eigenvalue weighted by Gasteiger charge is -2.42. The molecule has 0 bridgehead atoms. The molecule has 1 aliphatic rings. The SMILES string of the molecule is CCN(C(=O)C1(CN)CCC1)c1ccc(C)cc1. The highest BCUT2D eigenvalue weighted by atomic mass is 16.2. The van der Waals surface area contributed by atoms with Crippen molar-refractivity contribution in [2.75, 3.05) is 18.0 Å². The van der Waals surface area contributed by atoms with Crippen molar-refractivity contribution in [3.63, 3.8) is 0 Å². The van der Waals surface area contributed by atoms with Gasteiger partial charge in [0.05, 0.1) is 5.41 Å². The summed E-state index contributed by atoms with van der Waals surface area (Å²) in [5.41, 5.74) is 7.71. The van der Waals surface area contributed by atoms with Crippen LogP contribution in [-0.2, 0) is 4.79 Å². The Morgan fingerprint density at radius 1 is 1.33 bits per heavy atom. The summed E-state index contributed by atoms with van der Waals surface area (Å²) in [5, 5.41) is 0. The van der Waals surface area contributed by atoms with E-state index < -0.39 is 0 Å². The minimum atomic E-state index is -0.291. The molecule has 1 aromatic rings. The van der Waals surface area contributed by atoms with Gasteiger partial charge in [0, 0.05) is 18.8 Å². The number of aryl methyl sites for hydroxylation is 1. The van der Waals surface area contributed by atoms with Crippen molar-refractivity contribution in [3.05, 3.63) is 29.8 Å². The molecule has 1 aromatic carbocycles. The van der Waals surface area contributed by atoms with Crippen LogP contribution in [0.4, 0.5) is 5.69 Å². The van der Waals surface area contributed by atoms with Crippen LogP contribution >= 0.6 is 0 Å². The van der Waals surface area contributed by atoms with Gasteiger partial charge in [-0.3, -0.25) is 4.79 Å². The van der Waals surface area contributed by atoms with E-state index in [2.05, 4.69) is 6.92 Å². The maximum Gasteiger partial charge on any atom is 0.234 e. The van der Waals surface area contributed by atoms with E-state index >= 15 is 0 Å². The van der Waals surface area contributed by atoms with Crippen LogP contribution in [0.25, 0.3) is 0 Å². The summed E-state index contributed by atoms with van der Waals surface area (Å²) in [6.07, 6.45) is 2.99. The zero-order chi connectivity index (χ0) is 13.2. The van der Waals surface area contributed by atoms with Gasteiger partial charge < -0.3 is 10.6 Å². The minimum absolute atomic E-state index is 0.197. The largest absolute Gasteiger partial charge is 0.329 e. The van der Waals surface area contributed by atoms with Crippen molar-refractivity contribution in [1.29, 1.82) is 0 Å². The van der Waals surface area contributed by atoms with E-state index in [-0.39, 0.29) is 11.3 Å². The number of anilines is 1. The van der Waals surface area contributed by atoms with Gasteiger partial charge in [0.25, 0.3) is 0 Å². The van der Waals surface area contributed by atoms with Gasteiger partial charge in [-0.2, -0.15) is 0 Å². The van der Waals surface area contributed by atoms with Crippen molar-refractivity contribution >= 4 is 11.6 Å².